The molecule has 0 aliphatic carbocycles. The molecule has 1 N–H and O–H groups in total. The third kappa shape index (κ3) is 4.47. The highest BCUT2D eigenvalue weighted by Gasteiger charge is 2.02. The van der Waals surface area contributed by atoms with Crippen LogP contribution in [-0.2, 0) is 13.1 Å². The first-order chi connectivity index (χ1) is 7.26. The number of hydrogen-bond donors (Lipinski definition) is 1. The van der Waals surface area contributed by atoms with Crippen LogP contribution >= 0.6 is 0 Å². The van der Waals surface area contributed by atoms with Gasteiger partial charge in [0.2, 0.25) is 0 Å². The summed E-state index contributed by atoms with van der Waals surface area (Å²) in [7, 11) is 0. The summed E-state index contributed by atoms with van der Waals surface area (Å²) in [6, 6.07) is 0.606. The van der Waals surface area contributed by atoms with Crippen molar-refractivity contribution in [2.45, 2.75) is 59.2 Å². The van der Waals surface area contributed by atoms with Gasteiger partial charge in [-0.1, -0.05) is 19.8 Å². The minimum Gasteiger partial charge on any atom is -0.310 e. The molecule has 0 aliphatic rings. The van der Waals surface area contributed by atoms with Crippen LogP contribution in [0.1, 0.15) is 45.6 Å². The second-order valence-corrected chi connectivity index (χ2v) is 4.13. The third-order valence-corrected chi connectivity index (χ3v) is 2.66. The second-order valence-electron chi connectivity index (χ2n) is 4.13. The van der Waals surface area contributed by atoms with Crippen LogP contribution in [-0.4, -0.2) is 15.8 Å². The fraction of sp³-hybridized carbons (Fsp3) is 0.750. The summed E-state index contributed by atoms with van der Waals surface area (Å²) < 4.78 is 1.97. The summed E-state index contributed by atoms with van der Waals surface area (Å²) in [5, 5.41) is 7.77. The Morgan fingerprint density at radius 1 is 1.47 bits per heavy atom. The van der Waals surface area contributed by atoms with Gasteiger partial charge < -0.3 is 5.32 Å². The van der Waals surface area contributed by atoms with Gasteiger partial charge in [-0.3, -0.25) is 4.68 Å². The van der Waals surface area contributed by atoms with Crippen LogP contribution in [0.2, 0.25) is 0 Å². The molecule has 0 saturated carbocycles. The first-order valence-electron chi connectivity index (χ1n) is 6.01. The number of nitrogens with one attached hydrogen (secondary N) is 1. The normalized spacial score (nSPS) is 13.0. The Morgan fingerprint density at radius 3 is 2.87 bits per heavy atom. The van der Waals surface area contributed by atoms with E-state index >= 15 is 0 Å². The number of aromatic nitrogens is 2. The average molecular weight is 209 g/mol. The summed E-state index contributed by atoms with van der Waals surface area (Å²) in [5.41, 5.74) is 1.28. The maximum atomic E-state index is 4.25. The van der Waals surface area contributed by atoms with Crippen molar-refractivity contribution in [2.24, 2.45) is 0 Å². The Morgan fingerprint density at radius 2 is 2.27 bits per heavy atom. The lowest BCUT2D eigenvalue weighted by atomic mass is 10.1. The van der Waals surface area contributed by atoms with Crippen molar-refractivity contribution in [1.82, 2.24) is 15.1 Å². The number of rotatable bonds is 7. The van der Waals surface area contributed by atoms with Crippen molar-refractivity contribution < 1.29 is 0 Å². The van der Waals surface area contributed by atoms with E-state index in [1.54, 1.807) is 0 Å². The zero-order chi connectivity index (χ0) is 11.1. The van der Waals surface area contributed by atoms with Crippen molar-refractivity contribution in [3.63, 3.8) is 0 Å². The van der Waals surface area contributed by atoms with Crippen molar-refractivity contribution in [3.05, 3.63) is 18.0 Å². The highest BCUT2D eigenvalue weighted by atomic mass is 15.3. The van der Waals surface area contributed by atoms with Crippen LogP contribution in [0, 0.1) is 0 Å². The van der Waals surface area contributed by atoms with Gasteiger partial charge in [0, 0.05) is 30.9 Å². The summed E-state index contributed by atoms with van der Waals surface area (Å²) in [6.45, 7) is 8.47. The standard InChI is InChI=1S/C12H23N3/c1-4-6-7-11(3)13-8-12-9-14-15(5-2)10-12/h9-11,13H,4-8H2,1-3H3. The molecular formula is C12H23N3. The zero-order valence-corrected chi connectivity index (χ0v) is 10.2. The van der Waals surface area contributed by atoms with Gasteiger partial charge in [-0.15, -0.1) is 0 Å². The highest BCUT2D eigenvalue weighted by Crippen LogP contribution is 2.02. The van der Waals surface area contributed by atoms with E-state index in [0.29, 0.717) is 6.04 Å². The van der Waals surface area contributed by atoms with E-state index in [1.165, 1.54) is 24.8 Å². The first kappa shape index (κ1) is 12.2. The molecular weight excluding hydrogens is 186 g/mol. The van der Waals surface area contributed by atoms with Crippen molar-refractivity contribution in [3.8, 4) is 0 Å². The monoisotopic (exact) mass is 209 g/mol. The van der Waals surface area contributed by atoms with E-state index in [0.717, 1.165) is 13.1 Å². The first-order valence-corrected chi connectivity index (χ1v) is 6.01. The van der Waals surface area contributed by atoms with Gasteiger partial charge >= 0.3 is 0 Å². The molecule has 1 unspecified atom stereocenters. The van der Waals surface area contributed by atoms with Gasteiger partial charge in [0.1, 0.15) is 0 Å². The maximum absolute atomic E-state index is 4.25. The number of unbranched alkanes of at least 4 members (excludes halogenated alkanes) is 1. The predicted molar refractivity (Wildman–Crippen MR) is 63.7 cm³/mol. The Bertz CT molecular complexity index is 268. The van der Waals surface area contributed by atoms with E-state index in [2.05, 4.69) is 37.4 Å². The fourth-order valence-corrected chi connectivity index (χ4v) is 1.58. The molecule has 0 fully saturated rings. The molecule has 1 aromatic heterocycles. The van der Waals surface area contributed by atoms with Crippen LogP contribution in [0.5, 0.6) is 0 Å². The molecule has 1 heterocycles. The number of aryl methyl sites for hydroxylation is 1. The summed E-state index contributed by atoms with van der Waals surface area (Å²) >= 11 is 0. The fourth-order valence-electron chi connectivity index (χ4n) is 1.58. The minimum atomic E-state index is 0.606. The molecule has 0 bridgehead atoms. The van der Waals surface area contributed by atoms with Crippen LogP contribution in [0.3, 0.4) is 0 Å². The molecule has 3 nitrogen and oxygen atoms in total. The van der Waals surface area contributed by atoms with Crippen molar-refractivity contribution >= 4 is 0 Å². The van der Waals surface area contributed by atoms with E-state index in [9.17, 15) is 0 Å². The summed E-state index contributed by atoms with van der Waals surface area (Å²) in [6.07, 6.45) is 7.91. The molecule has 0 spiro atoms. The summed E-state index contributed by atoms with van der Waals surface area (Å²) in [5.74, 6) is 0. The molecule has 0 aliphatic heterocycles. The quantitative estimate of drug-likeness (QED) is 0.748. The van der Waals surface area contributed by atoms with Gasteiger partial charge in [-0.05, 0) is 20.3 Å². The largest absolute Gasteiger partial charge is 0.310 e. The van der Waals surface area contributed by atoms with Gasteiger partial charge in [0.25, 0.3) is 0 Å². The van der Waals surface area contributed by atoms with E-state index in [4.69, 9.17) is 0 Å². The SMILES string of the molecule is CCCCC(C)NCc1cnn(CC)c1. The maximum Gasteiger partial charge on any atom is 0.0534 e. The highest BCUT2D eigenvalue weighted by molar-refractivity contribution is 5.03. The zero-order valence-electron chi connectivity index (χ0n) is 10.2. The van der Waals surface area contributed by atoms with Gasteiger partial charge in [-0.2, -0.15) is 5.10 Å². The third-order valence-electron chi connectivity index (χ3n) is 2.66. The second kappa shape index (κ2) is 6.62. The average Bonchev–Trinajstić information content (AvgIpc) is 2.71. The molecule has 0 radical (unpaired) electrons. The molecule has 86 valence electrons. The van der Waals surface area contributed by atoms with Crippen LogP contribution in [0.25, 0.3) is 0 Å². The Labute approximate surface area is 92.9 Å². The molecule has 3 heteroatoms. The van der Waals surface area contributed by atoms with Gasteiger partial charge in [0.15, 0.2) is 0 Å². The van der Waals surface area contributed by atoms with Crippen LogP contribution < -0.4 is 5.32 Å². The molecule has 1 aromatic rings. The van der Waals surface area contributed by atoms with Gasteiger partial charge in [-0.25, -0.2) is 0 Å². The van der Waals surface area contributed by atoms with E-state index in [1.807, 2.05) is 10.9 Å². The lowest BCUT2D eigenvalue weighted by Gasteiger charge is -2.11. The van der Waals surface area contributed by atoms with Crippen molar-refractivity contribution in [2.75, 3.05) is 0 Å². The molecule has 0 aromatic carbocycles. The van der Waals surface area contributed by atoms with E-state index < -0.39 is 0 Å². The molecule has 1 atom stereocenters. The van der Waals surface area contributed by atoms with Crippen molar-refractivity contribution in [1.29, 1.82) is 0 Å². The Hall–Kier alpha value is -0.830. The number of nitrogens with zero attached hydrogens (tertiary/aromatic N) is 2. The Kier molecular flexibility index (Phi) is 5.40. The molecule has 1 rings (SSSR count). The lowest BCUT2D eigenvalue weighted by molar-refractivity contribution is 0.494. The van der Waals surface area contributed by atoms with E-state index in [-0.39, 0.29) is 0 Å². The molecule has 0 amide bonds. The van der Waals surface area contributed by atoms with Crippen LogP contribution in [0.15, 0.2) is 12.4 Å². The molecule has 0 saturated heterocycles. The summed E-state index contributed by atoms with van der Waals surface area (Å²) in [4.78, 5) is 0. The minimum absolute atomic E-state index is 0.606. The topological polar surface area (TPSA) is 29.9 Å². The van der Waals surface area contributed by atoms with Crippen LogP contribution in [0.4, 0.5) is 0 Å². The number of hydrogen-bond acceptors (Lipinski definition) is 2. The lowest BCUT2D eigenvalue weighted by Crippen LogP contribution is -2.25. The predicted octanol–water partition coefficient (Wildman–Crippen LogP) is 2.57. The van der Waals surface area contributed by atoms with Gasteiger partial charge in [0.05, 0.1) is 6.20 Å². The Balaban J connectivity index is 2.24. The molecule has 15 heavy (non-hydrogen) atoms. The smallest absolute Gasteiger partial charge is 0.0534 e.